The van der Waals surface area contributed by atoms with Gasteiger partial charge in [0, 0.05) is 67.8 Å². The normalized spacial score (nSPS) is 21.6. The van der Waals surface area contributed by atoms with Crippen LogP contribution in [0.15, 0.2) is 48.7 Å². The molecule has 6 heterocycles. The van der Waals surface area contributed by atoms with Crippen molar-refractivity contribution in [1.82, 2.24) is 45.1 Å². The molecule has 2 atom stereocenters. The second kappa shape index (κ2) is 13.0. The first kappa shape index (κ1) is 30.6. The molecular formula is C33H39N9O5. The number of aryl methyl sites for hydroxylation is 2. The van der Waals surface area contributed by atoms with Gasteiger partial charge in [-0.2, -0.15) is 5.10 Å². The van der Waals surface area contributed by atoms with Gasteiger partial charge in [-0.3, -0.25) is 19.1 Å². The molecule has 4 aromatic rings. The summed E-state index contributed by atoms with van der Waals surface area (Å²) in [5.74, 6) is 1.80. The van der Waals surface area contributed by atoms with Crippen LogP contribution in [0.25, 0.3) is 10.9 Å². The van der Waals surface area contributed by atoms with Crippen molar-refractivity contribution >= 4 is 28.6 Å². The topological polar surface area (TPSA) is 150 Å². The van der Waals surface area contributed by atoms with E-state index >= 15 is 0 Å². The number of tetrazole rings is 1. The van der Waals surface area contributed by atoms with Crippen molar-refractivity contribution in [3.8, 4) is 11.5 Å². The molecule has 8 rings (SSSR count). The molecule has 2 aromatic carbocycles. The zero-order chi connectivity index (χ0) is 32.4. The van der Waals surface area contributed by atoms with E-state index in [9.17, 15) is 14.4 Å². The number of hydrogen-bond acceptors (Lipinski definition) is 9. The molecule has 0 unspecified atom stereocenters. The number of hydrogen-bond donors (Lipinski definition) is 1. The molecule has 4 bridgehead atoms. The van der Waals surface area contributed by atoms with Gasteiger partial charge in [0.1, 0.15) is 12.4 Å². The van der Waals surface area contributed by atoms with Gasteiger partial charge in [0.15, 0.2) is 11.5 Å². The first-order valence-corrected chi connectivity index (χ1v) is 16.2. The number of aromatic nitrogens is 6. The van der Waals surface area contributed by atoms with Crippen LogP contribution in [0.2, 0.25) is 0 Å². The predicted octanol–water partition coefficient (Wildman–Crippen LogP) is 1.93. The van der Waals surface area contributed by atoms with E-state index in [1.165, 1.54) is 0 Å². The molecule has 14 heteroatoms. The summed E-state index contributed by atoms with van der Waals surface area (Å²) in [5.41, 5.74) is 1.39. The number of carbonyl (C=O) groups excluding carboxylic acids is 3. The lowest BCUT2D eigenvalue weighted by atomic mass is 9.73. The largest absolute Gasteiger partial charge is 0.490 e. The van der Waals surface area contributed by atoms with E-state index < -0.39 is 5.41 Å². The van der Waals surface area contributed by atoms with Crippen molar-refractivity contribution in [2.45, 2.75) is 51.6 Å². The van der Waals surface area contributed by atoms with Crippen molar-refractivity contribution in [2.24, 2.45) is 5.41 Å². The van der Waals surface area contributed by atoms with Crippen LogP contribution in [0.5, 0.6) is 11.5 Å². The highest BCUT2D eigenvalue weighted by Gasteiger charge is 2.53. The molecule has 1 fully saturated rings. The molecule has 4 aliphatic rings. The second-order valence-electron chi connectivity index (χ2n) is 12.7. The lowest BCUT2D eigenvalue weighted by Gasteiger charge is -2.40. The average Bonchev–Trinajstić information content (AvgIpc) is 3.80. The maximum Gasteiger partial charge on any atom is 0.244 e. The van der Waals surface area contributed by atoms with Gasteiger partial charge in [-0.15, -0.1) is 5.10 Å². The zero-order valence-corrected chi connectivity index (χ0v) is 26.5. The van der Waals surface area contributed by atoms with Crippen LogP contribution in [0, 0.1) is 12.3 Å². The van der Waals surface area contributed by atoms with Crippen LogP contribution in [0.3, 0.4) is 0 Å². The van der Waals surface area contributed by atoms with E-state index in [0.717, 1.165) is 16.5 Å². The Morgan fingerprint density at radius 2 is 1.89 bits per heavy atom. The van der Waals surface area contributed by atoms with Crippen LogP contribution in [0.1, 0.15) is 43.0 Å². The number of para-hydroxylation sites is 2. The molecule has 0 radical (unpaired) electrons. The summed E-state index contributed by atoms with van der Waals surface area (Å²) in [6.07, 6.45) is 3.46. The minimum atomic E-state index is -0.503. The standard InChI is InChI=1S/C33H39N9O5/c1-23-36-37-38-41(23)15-12-30(44)39-13-5-11-29(43)34-20-33-21-40(31(45)19-42-27-9-3-2-7-24(27)17-35-42)18-26(33)25-8-4-10-28(32(25)47-22-33)46-16-6-14-39/h2-4,7-10,17,26H,5-6,11-16,18-22H2,1H3,(H,34,43)/t26-,33+/m0/s1. The fourth-order valence-electron chi connectivity index (χ4n) is 7.04. The minimum absolute atomic E-state index is 0.0193. The van der Waals surface area contributed by atoms with Crippen molar-refractivity contribution < 1.29 is 23.9 Å². The molecule has 0 saturated carbocycles. The van der Waals surface area contributed by atoms with Gasteiger partial charge >= 0.3 is 0 Å². The van der Waals surface area contributed by atoms with Crippen molar-refractivity contribution in [3.63, 3.8) is 0 Å². The number of ether oxygens (including phenoxy) is 2. The van der Waals surface area contributed by atoms with E-state index in [-0.39, 0.29) is 43.0 Å². The number of carbonyl (C=O) groups is 3. The maximum absolute atomic E-state index is 13.7. The molecule has 3 amide bonds. The number of fused-ring (bicyclic) bond motifs is 12. The van der Waals surface area contributed by atoms with E-state index in [2.05, 4.69) is 25.9 Å². The molecule has 0 aliphatic carbocycles. The number of rotatable bonds is 5. The lowest BCUT2D eigenvalue weighted by molar-refractivity contribution is -0.132. The Labute approximate surface area is 272 Å². The summed E-state index contributed by atoms with van der Waals surface area (Å²) in [6.45, 7) is 5.34. The number of benzene rings is 2. The van der Waals surface area contributed by atoms with Gasteiger partial charge < -0.3 is 24.6 Å². The minimum Gasteiger partial charge on any atom is -0.490 e. The third-order valence-electron chi connectivity index (χ3n) is 9.63. The molecule has 4 aliphatic heterocycles. The molecule has 1 saturated heterocycles. The fraction of sp³-hybridized carbons (Fsp3) is 0.485. The summed E-state index contributed by atoms with van der Waals surface area (Å²) < 4.78 is 16.0. The van der Waals surface area contributed by atoms with Gasteiger partial charge in [-0.25, -0.2) is 4.68 Å². The molecular weight excluding hydrogens is 602 g/mol. The monoisotopic (exact) mass is 641 g/mol. The smallest absolute Gasteiger partial charge is 0.244 e. The van der Waals surface area contributed by atoms with Gasteiger partial charge in [-0.1, -0.05) is 30.3 Å². The molecule has 47 heavy (non-hydrogen) atoms. The van der Waals surface area contributed by atoms with E-state index in [1.54, 1.807) is 27.4 Å². The molecule has 1 N–H and O–H groups in total. The summed E-state index contributed by atoms with van der Waals surface area (Å²) in [5, 5.41) is 20.1. The molecule has 246 valence electrons. The van der Waals surface area contributed by atoms with Crippen LogP contribution >= 0.6 is 0 Å². The van der Waals surface area contributed by atoms with Gasteiger partial charge in [0.25, 0.3) is 0 Å². The Morgan fingerprint density at radius 3 is 2.77 bits per heavy atom. The molecule has 14 nitrogen and oxygen atoms in total. The lowest BCUT2D eigenvalue weighted by Crippen LogP contribution is -2.48. The predicted molar refractivity (Wildman–Crippen MR) is 170 cm³/mol. The van der Waals surface area contributed by atoms with Gasteiger partial charge in [0.05, 0.1) is 31.5 Å². The first-order valence-electron chi connectivity index (χ1n) is 16.2. The fourth-order valence-corrected chi connectivity index (χ4v) is 7.04. The number of nitrogens with zero attached hydrogens (tertiary/aromatic N) is 8. The maximum atomic E-state index is 13.7. The van der Waals surface area contributed by atoms with Crippen molar-refractivity contribution in [2.75, 3.05) is 45.9 Å². The highest BCUT2D eigenvalue weighted by atomic mass is 16.5. The van der Waals surface area contributed by atoms with Crippen molar-refractivity contribution in [3.05, 3.63) is 60.0 Å². The Kier molecular flexibility index (Phi) is 8.48. The van der Waals surface area contributed by atoms with Crippen LogP contribution in [0.4, 0.5) is 0 Å². The number of likely N-dealkylation sites (tertiary alicyclic amines) is 1. The Hall–Kier alpha value is -5.01. The molecule has 2 aromatic heterocycles. The Morgan fingerprint density at radius 1 is 1.02 bits per heavy atom. The van der Waals surface area contributed by atoms with Gasteiger partial charge in [0.2, 0.25) is 17.7 Å². The quantitative estimate of drug-likeness (QED) is 0.345. The van der Waals surface area contributed by atoms with Crippen LogP contribution in [-0.2, 0) is 27.5 Å². The summed E-state index contributed by atoms with van der Waals surface area (Å²) in [7, 11) is 0. The van der Waals surface area contributed by atoms with Crippen LogP contribution < -0.4 is 14.8 Å². The molecule has 1 spiro atoms. The SMILES string of the molecule is Cc1nnnn1CCC(=O)N1CCCOc2cccc3c2OC[C@@]2(CNC(=O)CCC1)CN(C(=O)Cn1ncc4ccccc41)C[C@@H]32. The Balaban J connectivity index is 1.08. The highest BCUT2D eigenvalue weighted by molar-refractivity contribution is 5.82. The van der Waals surface area contributed by atoms with Gasteiger partial charge in [-0.05, 0) is 42.3 Å². The average molecular weight is 642 g/mol. The first-order chi connectivity index (χ1) is 22.9. The third-order valence-corrected chi connectivity index (χ3v) is 9.63. The number of nitrogens with one attached hydrogen (secondary N) is 1. The third kappa shape index (κ3) is 6.23. The second-order valence-corrected chi connectivity index (χ2v) is 12.7. The highest BCUT2D eigenvalue weighted by Crippen LogP contribution is 2.52. The summed E-state index contributed by atoms with van der Waals surface area (Å²) in [4.78, 5) is 43.8. The summed E-state index contributed by atoms with van der Waals surface area (Å²) in [6, 6.07) is 13.7. The van der Waals surface area contributed by atoms with Crippen molar-refractivity contribution in [1.29, 1.82) is 0 Å². The van der Waals surface area contributed by atoms with E-state index in [0.29, 0.717) is 82.6 Å². The van der Waals surface area contributed by atoms with E-state index in [4.69, 9.17) is 9.47 Å². The summed E-state index contributed by atoms with van der Waals surface area (Å²) >= 11 is 0. The number of amides is 3. The Bertz CT molecular complexity index is 1790. The van der Waals surface area contributed by atoms with E-state index in [1.807, 2.05) is 47.4 Å². The zero-order valence-electron chi connectivity index (χ0n) is 26.5. The van der Waals surface area contributed by atoms with Crippen LogP contribution in [-0.4, -0.2) is 103 Å².